The number of alkyl halides is 2. The zero-order chi connectivity index (χ0) is 10.8. The molecule has 0 atom stereocenters. The van der Waals surface area contributed by atoms with Crippen molar-refractivity contribution in [1.82, 2.24) is 4.90 Å². The summed E-state index contributed by atoms with van der Waals surface area (Å²) < 4.78 is 26.9. The van der Waals surface area contributed by atoms with Gasteiger partial charge < -0.3 is 10.0 Å². The Kier molecular flexibility index (Phi) is 3.06. The zero-order valence-corrected chi connectivity index (χ0v) is 8.17. The van der Waals surface area contributed by atoms with Crippen LogP contribution >= 0.6 is 0 Å². The van der Waals surface area contributed by atoms with Gasteiger partial charge in [0, 0.05) is 5.56 Å². The summed E-state index contributed by atoms with van der Waals surface area (Å²) in [5.74, 6) is -3.07. The van der Waals surface area contributed by atoms with Crippen molar-refractivity contribution in [2.45, 2.75) is 5.92 Å². The van der Waals surface area contributed by atoms with Gasteiger partial charge in [0.25, 0.3) is 5.92 Å². The molecule has 0 fully saturated rings. The SMILES string of the molecule is CN(C)CC(F)(F)c1cccc(O)c1. The van der Waals surface area contributed by atoms with Crippen LogP contribution in [0.25, 0.3) is 0 Å². The molecule has 78 valence electrons. The summed E-state index contributed by atoms with van der Waals surface area (Å²) in [5.41, 5.74) is -0.161. The number of hydrogen-bond acceptors (Lipinski definition) is 2. The molecule has 0 bridgehead atoms. The first kappa shape index (κ1) is 10.9. The number of aromatic hydroxyl groups is 1. The Morgan fingerprint density at radius 2 is 2.00 bits per heavy atom. The van der Waals surface area contributed by atoms with Crippen molar-refractivity contribution in [3.05, 3.63) is 29.8 Å². The molecule has 14 heavy (non-hydrogen) atoms. The van der Waals surface area contributed by atoms with Gasteiger partial charge >= 0.3 is 0 Å². The van der Waals surface area contributed by atoms with E-state index < -0.39 is 5.92 Å². The second-order valence-electron chi connectivity index (χ2n) is 3.49. The highest BCUT2D eigenvalue weighted by molar-refractivity contribution is 5.30. The van der Waals surface area contributed by atoms with Crippen LogP contribution in [-0.4, -0.2) is 30.6 Å². The second kappa shape index (κ2) is 3.92. The Hall–Kier alpha value is -1.16. The number of phenols is 1. The number of benzene rings is 1. The third-order valence-corrected chi connectivity index (χ3v) is 1.78. The molecule has 0 spiro atoms. The highest BCUT2D eigenvalue weighted by Gasteiger charge is 2.32. The summed E-state index contributed by atoms with van der Waals surface area (Å²) >= 11 is 0. The van der Waals surface area contributed by atoms with Gasteiger partial charge in [0.1, 0.15) is 5.75 Å². The van der Waals surface area contributed by atoms with E-state index in [9.17, 15) is 8.78 Å². The molecule has 0 heterocycles. The maximum Gasteiger partial charge on any atom is 0.285 e. The van der Waals surface area contributed by atoms with Crippen molar-refractivity contribution in [1.29, 1.82) is 0 Å². The van der Waals surface area contributed by atoms with Crippen LogP contribution in [0, 0.1) is 0 Å². The number of hydrogen-bond donors (Lipinski definition) is 1. The molecule has 0 unspecified atom stereocenters. The van der Waals surface area contributed by atoms with Gasteiger partial charge in [-0.1, -0.05) is 12.1 Å². The fourth-order valence-corrected chi connectivity index (χ4v) is 1.22. The van der Waals surface area contributed by atoms with Crippen molar-refractivity contribution in [2.75, 3.05) is 20.6 Å². The summed E-state index contributed by atoms with van der Waals surface area (Å²) in [6.07, 6.45) is 0. The van der Waals surface area contributed by atoms with E-state index in [-0.39, 0.29) is 17.9 Å². The summed E-state index contributed by atoms with van der Waals surface area (Å²) in [6, 6.07) is 5.18. The Morgan fingerprint density at radius 3 is 2.50 bits per heavy atom. The van der Waals surface area contributed by atoms with Crippen LogP contribution in [-0.2, 0) is 5.92 Å². The molecule has 1 N–H and O–H groups in total. The lowest BCUT2D eigenvalue weighted by Gasteiger charge is -2.20. The average molecular weight is 201 g/mol. The first-order valence-electron chi connectivity index (χ1n) is 4.24. The molecule has 0 aliphatic rings. The van der Waals surface area contributed by atoms with E-state index in [2.05, 4.69) is 0 Å². The molecule has 1 aromatic carbocycles. The molecule has 2 nitrogen and oxygen atoms in total. The molecule has 4 heteroatoms. The molecule has 1 rings (SSSR count). The summed E-state index contributed by atoms with van der Waals surface area (Å²) in [7, 11) is 3.16. The monoisotopic (exact) mass is 201 g/mol. The molecule has 0 aromatic heterocycles. The van der Waals surface area contributed by atoms with Crippen LogP contribution in [0.4, 0.5) is 8.78 Å². The highest BCUT2D eigenvalue weighted by atomic mass is 19.3. The molecule has 0 radical (unpaired) electrons. The van der Waals surface area contributed by atoms with E-state index in [0.717, 1.165) is 6.07 Å². The Bertz CT molecular complexity index is 313. The smallest absolute Gasteiger partial charge is 0.285 e. The number of rotatable bonds is 3. The summed E-state index contributed by atoms with van der Waals surface area (Å²) in [6.45, 7) is -0.365. The number of halogens is 2. The largest absolute Gasteiger partial charge is 0.508 e. The predicted molar refractivity (Wildman–Crippen MR) is 50.6 cm³/mol. The van der Waals surface area contributed by atoms with Crippen molar-refractivity contribution in [2.24, 2.45) is 0 Å². The molecule has 0 saturated heterocycles. The van der Waals surface area contributed by atoms with Crippen molar-refractivity contribution in [3.63, 3.8) is 0 Å². The molecule has 0 aliphatic heterocycles. The average Bonchev–Trinajstić information content (AvgIpc) is 2.01. The van der Waals surface area contributed by atoms with E-state index in [1.807, 2.05) is 0 Å². The van der Waals surface area contributed by atoms with Crippen LogP contribution in [0.15, 0.2) is 24.3 Å². The highest BCUT2D eigenvalue weighted by Crippen LogP contribution is 2.30. The standard InChI is InChI=1S/C10H13F2NO/c1-13(2)7-10(11,12)8-4-3-5-9(14)6-8/h3-6,14H,7H2,1-2H3. The number of likely N-dealkylation sites (N-methyl/N-ethyl adjacent to an activating group) is 1. The van der Waals surface area contributed by atoms with Crippen molar-refractivity contribution < 1.29 is 13.9 Å². The normalized spacial score (nSPS) is 12.1. The Labute approximate surface area is 81.8 Å². The van der Waals surface area contributed by atoms with Gasteiger partial charge in [-0.3, -0.25) is 0 Å². The van der Waals surface area contributed by atoms with E-state index in [4.69, 9.17) is 5.11 Å². The van der Waals surface area contributed by atoms with Gasteiger partial charge in [0.15, 0.2) is 0 Å². The maximum atomic E-state index is 13.4. The third-order valence-electron chi connectivity index (χ3n) is 1.78. The van der Waals surface area contributed by atoms with Gasteiger partial charge in [0.05, 0.1) is 6.54 Å². The molecule has 0 amide bonds. The van der Waals surface area contributed by atoms with Gasteiger partial charge in [-0.25, -0.2) is 0 Å². The molecular weight excluding hydrogens is 188 g/mol. The van der Waals surface area contributed by atoms with E-state index >= 15 is 0 Å². The van der Waals surface area contributed by atoms with Crippen LogP contribution in [0.1, 0.15) is 5.56 Å². The topological polar surface area (TPSA) is 23.5 Å². The van der Waals surface area contributed by atoms with Crippen molar-refractivity contribution >= 4 is 0 Å². The van der Waals surface area contributed by atoms with Gasteiger partial charge in [-0.15, -0.1) is 0 Å². The lowest BCUT2D eigenvalue weighted by molar-refractivity contribution is -0.0271. The van der Waals surface area contributed by atoms with Gasteiger partial charge in [-0.05, 0) is 26.2 Å². The predicted octanol–water partition coefficient (Wildman–Crippen LogP) is 2.05. The fraction of sp³-hybridized carbons (Fsp3) is 0.400. The van der Waals surface area contributed by atoms with Crippen LogP contribution in [0.3, 0.4) is 0 Å². The molecular formula is C10H13F2NO. The minimum absolute atomic E-state index is 0.138. The van der Waals surface area contributed by atoms with Crippen LogP contribution in [0.5, 0.6) is 5.75 Å². The fourth-order valence-electron chi connectivity index (χ4n) is 1.22. The zero-order valence-electron chi connectivity index (χ0n) is 8.17. The summed E-state index contributed by atoms with van der Waals surface area (Å²) in [4.78, 5) is 1.41. The van der Waals surface area contributed by atoms with E-state index in [1.54, 1.807) is 14.1 Å². The maximum absolute atomic E-state index is 13.4. The van der Waals surface area contributed by atoms with Gasteiger partial charge in [-0.2, -0.15) is 8.78 Å². The molecule has 0 saturated carbocycles. The summed E-state index contributed by atoms with van der Waals surface area (Å²) in [5, 5.41) is 9.06. The molecule has 0 aliphatic carbocycles. The third kappa shape index (κ3) is 2.67. The lowest BCUT2D eigenvalue weighted by atomic mass is 10.1. The first-order chi connectivity index (χ1) is 6.42. The minimum Gasteiger partial charge on any atom is -0.508 e. The molecule has 1 aromatic rings. The van der Waals surface area contributed by atoms with E-state index in [1.165, 1.54) is 23.1 Å². The first-order valence-corrected chi connectivity index (χ1v) is 4.24. The number of phenolic OH excluding ortho intramolecular Hbond substituents is 1. The quantitative estimate of drug-likeness (QED) is 0.809. The number of nitrogens with zero attached hydrogens (tertiary/aromatic N) is 1. The Morgan fingerprint density at radius 1 is 1.36 bits per heavy atom. The van der Waals surface area contributed by atoms with Crippen LogP contribution < -0.4 is 0 Å². The second-order valence-corrected chi connectivity index (χ2v) is 3.49. The minimum atomic E-state index is -2.93. The van der Waals surface area contributed by atoms with Crippen LogP contribution in [0.2, 0.25) is 0 Å². The van der Waals surface area contributed by atoms with Crippen molar-refractivity contribution in [3.8, 4) is 5.75 Å². The Balaban J connectivity index is 2.91. The van der Waals surface area contributed by atoms with E-state index in [0.29, 0.717) is 0 Å². The lowest BCUT2D eigenvalue weighted by Crippen LogP contribution is -2.29. The van der Waals surface area contributed by atoms with Gasteiger partial charge in [0.2, 0.25) is 0 Å².